The van der Waals surface area contributed by atoms with E-state index in [1.165, 1.54) is 5.56 Å². The first-order chi connectivity index (χ1) is 9.47. The van der Waals surface area contributed by atoms with Gasteiger partial charge in [0, 0.05) is 11.4 Å². The molecule has 0 radical (unpaired) electrons. The molecule has 0 saturated heterocycles. The first-order valence-electron chi connectivity index (χ1n) is 6.43. The molecule has 104 valence electrons. The minimum Gasteiger partial charge on any atom is -0.399 e. The van der Waals surface area contributed by atoms with Crippen molar-refractivity contribution < 1.29 is 4.79 Å². The smallest absolute Gasteiger partial charge is 0.257 e. The number of anilines is 2. The molecule has 0 aromatic heterocycles. The highest BCUT2D eigenvalue weighted by Gasteiger charge is 2.10. The number of nitrogens with two attached hydrogens (primary N) is 1. The highest BCUT2D eigenvalue weighted by molar-refractivity contribution is 6.34. The van der Waals surface area contributed by atoms with Gasteiger partial charge in [-0.2, -0.15) is 0 Å². The average molecular weight is 289 g/mol. The molecule has 1 amide bonds. The quantitative estimate of drug-likeness (QED) is 0.828. The molecule has 20 heavy (non-hydrogen) atoms. The van der Waals surface area contributed by atoms with E-state index < -0.39 is 0 Å². The van der Waals surface area contributed by atoms with Crippen molar-refractivity contribution in [1.82, 2.24) is 0 Å². The van der Waals surface area contributed by atoms with E-state index in [2.05, 4.69) is 19.2 Å². The summed E-state index contributed by atoms with van der Waals surface area (Å²) in [7, 11) is 0. The summed E-state index contributed by atoms with van der Waals surface area (Å²) >= 11 is 6.02. The Kier molecular flexibility index (Phi) is 4.30. The summed E-state index contributed by atoms with van der Waals surface area (Å²) < 4.78 is 0. The fourth-order valence-electron chi connectivity index (χ4n) is 1.87. The van der Waals surface area contributed by atoms with E-state index >= 15 is 0 Å². The number of nitrogen functional groups attached to an aromatic ring is 1. The number of hydrogen-bond acceptors (Lipinski definition) is 2. The van der Waals surface area contributed by atoms with Gasteiger partial charge in [0.2, 0.25) is 0 Å². The van der Waals surface area contributed by atoms with Crippen LogP contribution in [0.1, 0.15) is 35.7 Å². The Morgan fingerprint density at radius 2 is 1.80 bits per heavy atom. The fourth-order valence-corrected chi connectivity index (χ4v) is 2.14. The van der Waals surface area contributed by atoms with Crippen molar-refractivity contribution in [3.8, 4) is 0 Å². The third-order valence-corrected chi connectivity index (χ3v) is 3.39. The average Bonchev–Trinajstić information content (AvgIpc) is 2.39. The van der Waals surface area contributed by atoms with Crippen LogP contribution in [0.25, 0.3) is 0 Å². The standard InChI is InChI=1S/C16H17ClN2O/c1-10(2)11-3-6-13(7-4-11)19-16(20)14-8-5-12(18)9-15(14)17/h3-10H,18H2,1-2H3,(H,19,20). The molecule has 0 aliphatic heterocycles. The third kappa shape index (κ3) is 3.31. The van der Waals surface area contributed by atoms with E-state index in [9.17, 15) is 4.79 Å². The van der Waals surface area contributed by atoms with Gasteiger partial charge in [0.1, 0.15) is 0 Å². The van der Waals surface area contributed by atoms with Crippen LogP contribution < -0.4 is 11.1 Å². The number of carbonyl (C=O) groups is 1. The molecule has 0 atom stereocenters. The lowest BCUT2D eigenvalue weighted by Crippen LogP contribution is -2.12. The van der Waals surface area contributed by atoms with Crippen molar-refractivity contribution in [1.29, 1.82) is 0 Å². The van der Waals surface area contributed by atoms with Crippen molar-refractivity contribution in [3.63, 3.8) is 0 Å². The van der Waals surface area contributed by atoms with Gasteiger partial charge in [-0.15, -0.1) is 0 Å². The number of benzene rings is 2. The van der Waals surface area contributed by atoms with Gasteiger partial charge in [-0.05, 0) is 41.8 Å². The number of hydrogen-bond donors (Lipinski definition) is 2. The fraction of sp³-hybridized carbons (Fsp3) is 0.188. The van der Waals surface area contributed by atoms with Crippen LogP contribution in [0.2, 0.25) is 5.02 Å². The Hall–Kier alpha value is -2.00. The van der Waals surface area contributed by atoms with Gasteiger partial charge in [-0.1, -0.05) is 37.6 Å². The highest BCUT2D eigenvalue weighted by atomic mass is 35.5. The molecule has 3 N–H and O–H groups in total. The lowest BCUT2D eigenvalue weighted by molar-refractivity contribution is 0.102. The maximum atomic E-state index is 12.1. The topological polar surface area (TPSA) is 55.1 Å². The monoisotopic (exact) mass is 288 g/mol. The third-order valence-electron chi connectivity index (χ3n) is 3.07. The summed E-state index contributed by atoms with van der Waals surface area (Å²) in [6, 6.07) is 12.6. The van der Waals surface area contributed by atoms with Crippen molar-refractivity contribution in [3.05, 3.63) is 58.6 Å². The lowest BCUT2D eigenvalue weighted by Gasteiger charge is -2.09. The molecule has 2 aromatic rings. The lowest BCUT2D eigenvalue weighted by atomic mass is 10.0. The van der Waals surface area contributed by atoms with Gasteiger partial charge < -0.3 is 11.1 Å². The number of amides is 1. The molecular weight excluding hydrogens is 272 g/mol. The molecule has 0 saturated carbocycles. The second kappa shape index (κ2) is 5.97. The largest absolute Gasteiger partial charge is 0.399 e. The molecule has 4 heteroatoms. The van der Waals surface area contributed by atoms with Crippen LogP contribution in [-0.2, 0) is 0 Å². The van der Waals surface area contributed by atoms with Crippen LogP contribution in [-0.4, -0.2) is 5.91 Å². The van der Waals surface area contributed by atoms with Crippen LogP contribution in [0, 0.1) is 0 Å². The zero-order chi connectivity index (χ0) is 14.7. The molecule has 0 aliphatic carbocycles. The number of rotatable bonds is 3. The molecule has 0 heterocycles. The number of halogens is 1. The highest BCUT2D eigenvalue weighted by Crippen LogP contribution is 2.21. The predicted octanol–water partition coefficient (Wildman–Crippen LogP) is 4.30. The zero-order valence-electron chi connectivity index (χ0n) is 11.5. The summed E-state index contributed by atoms with van der Waals surface area (Å²) in [5, 5.41) is 3.17. The molecule has 0 unspecified atom stereocenters. The van der Waals surface area contributed by atoms with Gasteiger partial charge in [0.05, 0.1) is 10.6 Å². The normalized spacial score (nSPS) is 10.6. The van der Waals surface area contributed by atoms with Gasteiger partial charge in [0.25, 0.3) is 5.91 Å². The van der Waals surface area contributed by atoms with Gasteiger partial charge in [-0.3, -0.25) is 4.79 Å². The Morgan fingerprint density at radius 1 is 1.15 bits per heavy atom. The van der Waals surface area contributed by atoms with E-state index in [-0.39, 0.29) is 5.91 Å². The van der Waals surface area contributed by atoms with Crippen molar-refractivity contribution >= 4 is 28.9 Å². The Bertz CT molecular complexity index is 621. The van der Waals surface area contributed by atoms with Crippen LogP contribution in [0.5, 0.6) is 0 Å². The molecule has 0 aliphatic rings. The molecule has 3 nitrogen and oxygen atoms in total. The van der Waals surface area contributed by atoms with Crippen LogP contribution in [0.4, 0.5) is 11.4 Å². The molecular formula is C16H17ClN2O. The first-order valence-corrected chi connectivity index (χ1v) is 6.81. The summed E-state index contributed by atoms with van der Waals surface area (Å²) in [5.41, 5.74) is 8.53. The minimum absolute atomic E-state index is 0.243. The first kappa shape index (κ1) is 14.4. The summed E-state index contributed by atoms with van der Waals surface area (Å²) in [5.74, 6) is 0.221. The molecule has 0 bridgehead atoms. The van der Waals surface area contributed by atoms with E-state index in [1.54, 1.807) is 18.2 Å². The van der Waals surface area contributed by atoms with Crippen LogP contribution in [0.15, 0.2) is 42.5 Å². The Morgan fingerprint density at radius 3 is 2.35 bits per heavy atom. The maximum Gasteiger partial charge on any atom is 0.257 e. The molecule has 2 aromatic carbocycles. The molecule has 0 fully saturated rings. The Balaban J connectivity index is 2.15. The van der Waals surface area contributed by atoms with Gasteiger partial charge in [-0.25, -0.2) is 0 Å². The predicted molar refractivity (Wildman–Crippen MR) is 84.3 cm³/mol. The van der Waals surface area contributed by atoms with Crippen molar-refractivity contribution in [2.45, 2.75) is 19.8 Å². The maximum absolute atomic E-state index is 12.1. The Labute approximate surface area is 123 Å². The summed E-state index contributed by atoms with van der Waals surface area (Å²) in [4.78, 5) is 12.1. The second-order valence-corrected chi connectivity index (χ2v) is 5.38. The number of carbonyl (C=O) groups excluding carboxylic acids is 1. The van der Waals surface area contributed by atoms with E-state index in [1.807, 2.05) is 24.3 Å². The minimum atomic E-state index is -0.243. The van der Waals surface area contributed by atoms with E-state index in [0.29, 0.717) is 22.2 Å². The van der Waals surface area contributed by atoms with Crippen LogP contribution in [0.3, 0.4) is 0 Å². The summed E-state index contributed by atoms with van der Waals surface area (Å²) in [6.07, 6.45) is 0. The number of nitrogens with one attached hydrogen (secondary N) is 1. The summed E-state index contributed by atoms with van der Waals surface area (Å²) in [6.45, 7) is 4.25. The van der Waals surface area contributed by atoms with Gasteiger partial charge in [0.15, 0.2) is 0 Å². The van der Waals surface area contributed by atoms with E-state index in [0.717, 1.165) is 5.69 Å². The second-order valence-electron chi connectivity index (χ2n) is 4.97. The molecule has 2 rings (SSSR count). The SMILES string of the molecule is CC(C)c1ccc(NC(=O)c2ccc(N)cc2Cl)cc1. The van der Waals surface area contributed by atoms with Gasteiger partial charge >= 0.3 is 0 Å². The zero-order valence-corrected chi connectivity index (χ0v) is 12.2. The van der Waals surface area contributed by atoms with Crippen molar-refractivity contribution in [2.75, 3.05) is 11.1 Å². The van der Waals surface area contributed by atoms with Crippen molar-refractivity contribution in [2.24, 2.45) is 0 Å². The molecule has 0 spiro atoms. The van der Waals surface area contributed by atoms with Crippen LogP contribution >= 0.6 is 11.6 Å². The van der Waals surface area contributed by atoms with E-state index in [4.69, 9.17) is 17.3 Å².